The third-order valence-electron chi connectivity index (χ3n) is 5.16. The first-order chi connectivity index (χ1) is 12.6. The van der Waals surface area contributed by atoms with Crippen molar-refractivity contribution >= 4 is 23.5 Å². The van der Waals surface area contributed by atoms with E-state index in [-0.39, 0.29) is 23.7 Å². The van der Waals surface area contributed by atoms with Gasteiger partial charge in [-0.05, 0) is 49.2 Å². The van der Waals surface area contributed by atoms with Gasteiger partial charge in [0, 0.05) is 0 Å². The first kappa shape index (κ1) is 16.5. The van der Waals surface area contributed by atoms with Gasteiger partial charge in [-0.3, -0.25) is 14.5 Å². The van der Waals surface area contributed by atoms with E-state index >= 15 is 0 Å². The maximum atomic E-state index is 12.6. The van der Waals surface area contributed by atoms with Crippen LogP contribution in [0.1, 0.15) is 36.0 Å². The molecule has 5 heteroatoms. The van der Waals surface area contributed by atoms with E-state index in [1.165, 1.54) is 4.90 Å². The van der Waals surface area contributed by atoms with Gasteiger partial charge in [0.15, 0.2) is 0 Å². The van der Waals surface area contributed by atoms with Crippen LogP contribution in [-0.2, 0) is 9.59 Å². The van der Waals surface area contributed by atoms with Crippen LogP contribution in [0.2, 0.25) is 0 Å². The largest absolute Gasteiger partial charge is 0.423 e. The zero-order valence-corrected chi connectivity index (χ0v) is 14.3. The van der Waals surface area contributed by atoms with Gasteiger partial charge in [-0.25, -0.2) is 4.79 Å². The number of carbonyl (C=O) groups is 3. The van der Waals surface area contributed by atoms with Gasteiger partial charge in [-0.2, -0.15) is 0 Å². The quantitative estimate of drug-likeness (QED) is 0.483. The number of hydrogen-bond donors (Lipinski definition) is 0. The lowest BCUT2D eigenvalue weighted by Gasteiger charge is -2.19. The third-order valence-corrected chi connectivity index (χ3v) is 5.16. The summed E-state index contributed by atoms with van der Waals surface area (Å²) in [5.41, 5.74) is 1.000. The molecule has 2 fully saturated rings. The summed E-state index contributed by atoms with van der Waals surface area (Å²) in [5, 5.41) is 0. The summed E-state index contributed by atoms with van der Waals surface area (Å²) in [7, 11) is 0. The van der Waals surface area contributed by atoms with E-state index in [4.69, 9.17) is 4.74 Å². The number of amides is 2. The molecule has 2 amide bonds. The number of anilines is 1. The summed E-state index contributed by atoms with van der Waals surface area (Å²) in [4.78, 5) is 38.6. The summed E-state index contributed by atoms with van der Waals surface area (Å²) in [5.74, 6) is -0.627. The molecule has 1 aliphatic heterocycles. The van der Waals surface area contributed by atoms with Crippen LogP contribution in [0.15, 0.2) is 54.6 Å². The number of rotatable bonds is 3. The van der Waals surface area contributed by atoms with Crippen LogP contribution in [0, 0.1) is 11.8 Å². The van der Waals surface area contributed by atoms with Gasteiger partial charge in [0.25, 0.3) is 0 Å². The molecule has 1 aliphatic carbocycles. The van der Waals surface area contributed by atoms with Gasteiger partial charge in [-0.15, -0.1) is 0 Å². The number of benzene rings is 2. The molecule has 5 nitrogen and oxygen atoms in total. The number of hydrogen-bond acceptors (Lipinski definition) is 4. The molecule has 0 aromatic heterocycles. The van der Waals surface area contributed by atoms with Crippen molar-refractivity contribution in [1.82, 2.24) is 0 Å². The van der Waals surface area contributed by atoms with Crippen LogP contribution in [0.3, 0.4) is 0 Å². The zero-order chi connectivity index (χ0) is 18.1. The first-order valence-electron chi connectivity index (χ1n) is 8.90. The van der Waals surface area contributed by atoms with E-state index in [2.05, 4.69) is 0 Å². The summed E-state index contributed by atoms with van der Waals surface area (Å²) < 4.78 is 5.34. The molecule has 0 spiro atoms. The molecule has 4 rings (SSSR count). The Balaban J connectivity index is 1.50. The van der Waals surface area contributed by atoms with Crippen LogP contribution in [0.5, 0.6) is 5.75 Å². The first-order valence-corrected chi connectivity index (χ1v) is 8.90. The molecule has 1 saturated carbocycles. The van der Waals surface area contributed by atoms with Gasteiger partial charge < -0.3 is 4.74 Å². The van der Waals surface area contributed by atoms with E-state index in [9.17, 15) is 14.4 Å². The van der Waals surface area contributed by atoms with E-state index < -0.39 is 5.97 Å². The maximum Gasteiger partial charge on any atom is 0.343 e. The molecular weight excluding hydrogens is 330 g/mol. The van der Waals surface area contributed by atoms with Gasteiger partial charge in [0.05, 0.1) is 23.1 Å². The molecular formula is C21H19NO4. The van der Waals surface area contributed by atoms with Gasteiger partial charge >= 0.3 is 5.97 Å². The monoisotopic (exact) mass is 349 g/mol. The van der Waals surface area contributed by atoms with Crippen molar-refractivity contribution in [2.24, 2.45) is 11.8 Å². The lowest BCUT2D eigenvalue weighted by molar-refractivity contribution is -0.122. The minimum absolute atomic E-state index is 0.103. The Morgan fingerprint density at radius 1 is 0.846 bits per heavy atom. The van der Waals surface area contributed by atoms with E-state index in [0.717, 1.165) is 25.7 Å². The Labute approximate surface area is 151 Å². The maximum absolute atomic E-state index is 12.6. The predicted molar refractivity (Wildman–Crippen MR) is 95.8 cm³/mol. The topological polar surface area (TPSA) is 63.7 Å². The van der Waals surface area contributed by atoms with E-state index in [0.29, 0.717) is 17.0 Å². The van der Waals surface area contributed by atoms with Crippen molar-refractivity contribution in [2.75, 3.05) is 4.90 Å². The molecule has 0 radical (unpaired) electrons. The van der Waals surface area contributed by atoms with Gasteiger partial charge in [-0.1, -0.05) is 31.0 Å². The minimum Gasteiger partial charge on any atom is -0.423 e. The average Bonchev–Trinajstić information content (AvgIpc) is 2.94. The van der Waals surface area contributed by atoms with Crippen molar-refractivity contribution in [2.45, 2.75) is 25.7 Å². The van der Waals surface area contributed by atoms with E-state index in [1.807, 2.05) is 6.07 Å². The summed E-state index contributed by atoms with van der Waals surface area (Å²) in [6.07, 6.45) is 3.59. The second-order valence-corrected chi connectivity index (χ2v) is 6.76. The Bertz CT molecular complexity index is 820. The third kappa shape index (κ3) is 2.90. The van der Waals surface area contributed by atoms with Crippen LogP contribution in [0.25, 0.3) is 0 Å². The van der Waals surface area contributed by atoms with Gasteiger partial charge in [0.1, 0.15) is 5.75 Å². The highest BCUT2D eigenvalue weighted by Crippen LogP contribution is 2.40. The van der Waals surface area contributed by atoms with Crippen LogP contribution in [0.4, 0.5) is 5.69 Å². The highest BCUT2D eigenvalue weighted by atomic mass is 16.5. The van der Waals surface area contributed by atoms with E-state index in [1.54, 1.807) is 48.5 Å². The number of nitrogens with zero attached hydrogens (tertiary/aromatic N) is 1. The van der Waals surface area contributed by atoms with Crippen molar-refractivity contribution in [3.05, 3.63) is 60.2 Å². The number of imide groups is 1. The second kappa shape index (κ2) is 6.75. The SMILES string of the molecule is O=C(Oc1ccc(N2C(=O)[C@H]3CCCC[C@H]3C2=O)cc1)c1ccccc1. The molecule has 2 atom stereocenters. The molecule has 1 saturated heterocycles. The normalized spacial score (nSPS) is 22.2. The molecule has 2 aromatic carbocycles. The molecule has 2 aromatic rings. The summed E-state index contributed by atoms with van der Waals surface area (Å²) >= 11 is 0. The Hall–Kier alpha value is -2.95. The number of esters is 1. The van der Waals surface area contributed by atoms with Crippen molar-refractivity contribution in [1.29, 1.82) is 0 Å². The lowest BCUT2D eigenvalue weighted by Crippen LogP contribution is -2.30. The summed E-state index contributed by atoms with van der Waals surface area (Å²) in [6, 6.07) is 15.2. The standard InChI is InChI=1S/C21H19NO4/c23-19-17-8-4-5-9-18(17)20(24)22(19)15-10-12-16(13-11-15)26-21(25)14-6-2-1-3-7-14/h1-3,6-7,10-13,17-18H,4-5,8-9H2/t17-,18+. The second-order valence-electron chi connectivity index (χ2n) is 6.76. The van der Waals surface area contributed by atoms with Crippen LogP contribution >= 0.6 is 0 Å². The molecule has 2 aliphatic rings. The zero-order valence-electron chi connectivity index (χ0n) is 14.3. The Morgan fingerprint density at radius 2 is 1.42 bits per heavy atom. The van der Waals surface area contributed by atoms with Crippen molar-refractivity contribution in [3.8, 4) is 5.75 Å². The fourth-order valence-electron chi connectivity index (χ4n) is 3.82. The average molecular weight is 349 g/mol. The number of carbonyl (C=O) groups excluding carboxylic acids is 3. The highest BCUT2D eigenvalue weighted by molar-refractivity contribution is 6.22. The molecule has 0 N–H and O–H groups in total. The highest BCUT2D eigenvalue weighted by Gasteiger charge is 2.48. The molecule has 0 unspecified atom stereocenters. The minimum atomic E-state index is -0.447. The smallest absolute Gasteiger partial charge is 0.343 e. The number of fused-ring (bicyclic) bond motifs is 1. The Morgan fingerprint density at radius 3 is 2.00 bits per heavy atom. The van der Waals surface area contributed by atoms with Crippen LogP contribution < -0.4 is 9.64 Å². The molecule has 1 heterocycles. The number of ether oxygens (including phenoxy) is 1. The molecule has 0 bridgehead atoms. The Kier molecular flexibility index (Phi) is 4.29. The fourth-order valence-corrected chi connectivity index (χ4v) is 3.82. The molecule has 132 valence electrons. The summed E-state index contributed by atoms with van der Waals surface area (Å²) in [6.45, 7) is 0. The van der Waals surface area contributed by atoms with Crippen molar-refractivity contribution < 1.29 is 19.1 Å². The fraction of sp³-hybridized carbons (Fsp3) is 0.286. The predicted octanol–water partition coefficient (Wildman–Crippen LogP) is 3.59. The van der Waals surface area contributed by atoms with Crippen molar-refractivity contribution in [3.63, 3.8) is 0 Å². The molecule has 26 heavy (non-hydrogen) atoms. The van der Waals surface area contributed by atoms with Crippen LogP contribution in [-0.4, -0.2) is 17.8 Å². The van der Waals surface area contributed by atoms with Gasteiger partial charge in [0.2, 0.25) is 11.8 Å². The lowest BCUT2D eigenvalue weighted by atomic mass is 9.81.